The van der Waals surface area contributed by atoms with Gasteiger partial charge in [-0.25, -0.2) is 10.8 Å². The van der Waals surface area contributed by atoms with Gasteiger partial charge in [0.2, 0.25) is 5.96 Å². The van der Waals surface area contributed by atoms with Gasteiger partial charge < -0.3 is 9.64 Å². The summed E-state index contributed by atoms with van der Waals surface area (Å²) in [6, 6.07) is 0.463. The lowest BCUT2D eigenvalue weighted by Gasteiger charge is -2.34. The van der Waals surface area contributed by atoms with Crippen LogP contribution < -0.4 is 11.3 Å². The van der Waals surface area contributed by atoms with E-state index in [0.29, 0.717) is 18.2 Å². The number of nitrogens with zero attached hydrogens (tertiary/aromatic N) is 2. The molecule has 0 aromatic heterocycles. The van der Waals surface area contributed by atoms with E-state index in [1.807, 2.05) is 0 Å². The average Bonchev–Trinajstić information content (AvgIpc) is 2.76. The van der Waals surface area contributed by atoms with Gasteiger partial charge in [0.25, 0.3) is 0 Å². The van der Waals surface area contributed by atoms with Gasteiger partial charge in [0.1, 0.15) is 0 Å². The van der Waals surface area contributed by atoms with Crippen LogP contribution in [0.4, 0.5) is 0 Å². The zero-order valence-corrected chi connectivity index (χ0v) is 11.0. The van der Waals surface area contributed by atoms with Crippen LogP contribution in [-0.4, -0.2) is 42.2 Å². The summed E-state index contributed by atoms with van der Waals surface area (Å²) in [7, 11) is 0. The van der Waals surface area contributed by atoms with Crippen LogP contribution in [0, 0.1) is 0 Å². The first-order valence-electron chi connectivity index (χ1n) is 7.30. The van der Waals surface area contributed by atoms with Crippen molar-refractivity contribution >= 4 is 5.96 Å². The fraction of sp³-hybridized carbons (Fsp3) is 0.923. The molecule has 0 aromatic rings. The molecule has 1 saturated carbocycles. The van der Waals surface area contributed by atoms with E-state index in [0.717, 1.165) is 19.0 Å². The minimum Gasteiger partial charge on any atom is -0.371 e. The van der Waals surface area contributed by atoms with E-state index in [9.17, 15) is 0 Å². The Labute approximate surface area is 109 Å². The number of ether oxygens (including phenoxy) is 1. The third-order valence-corrected chi connectivity index (χ3v) is 4.35. The van der Waals surface area contributed by atoms with Gasteiger partial charge in [0.15, 0.2) is 0 Å². The monoisotopic (exact) mass is 252 g/mol. The van der Waals surface area contributed by atoms with Crippen LogP contribution in [0.2, 0.25) is 0 Å². The van der Waals surface area contributed by atoms with E-state index >= 15 is 0 Å². The summed E-state index contributed by atoms with van der Waals surface area (Å²) in [4.78, 5) is 7.10. The van der Waals surface area contributed by atoms with Crippen molar-refractivity contribution in [1.29, 1.82) is 0 Å². The number of nitrogens with one attached hydrogen (secondary N) is 1. The summed E-state index contributed by atoms with van der Waals surface area (Å²) < 4.78 is 5.85. The first-order valence-corrected chi connectivity index (χ1v) is 7.30. The molecule has 2 heterocycles. The molecule has 3 rings (SSSR count). The van der Waals surface area contributed by atoms with Crippen LogP contribution >= 0.6 is 0 Å². The Morgan fingerprint density at radius 1 is 1.06 bits per heavy atom. The van der Waals surface area contributed by atoms with E-state index in [1.54, 1.807) is 0 Å². The molecule has 102 valence electrons. The largest absolute Gasteiger partial charge is 0.371 e. The van der Waals surface area contributed by atoms with Crippen LogP contribution in [0.15, 0.2) is 4.99 Å². The molecule has 1 aliphatic carbocycles. The van der Waals surface area contributed by atoms with Crippen LogP contribution in [-0.2, 0) is 4.74 Å². The number of hydrazine groups is 1. The molecule has 2 atom stereocenters. The Bertz CT molecular complexity index is 302. The zero-order valence-electron chi connectivity index (χ0n) is 11.0. The van der Waals surface area contributed by atoms with Crippen LogP contribution in [0.25, 0.3) is 0 Å². The van der Waals surface area contributed by atoms with E-state index in [4.69, 9.17) is 15.6 Å². The summed E-state index contributed by atoms with van der Waals surface area (Å²) in [5.74, 6) is 6.55. The molecule has 0 radical (unpaired) electrons. The number of hydrogen-bond acceptors (Lipinski definition) is 3. The maximum Gasteiger partial charge on any atom is 0.208 e. The maximum atomic E-state index is 5.85. The van der Waals surface area contributed by atoms with E-state index in [1.165, 1.54) is 44.9 Å². The number of morpholine rings is 1. The van der Waals surface area contributed by atoms with Crippen molar-refractivity contribution in [3.8, 4) is 0 Å². The normalized spacial score (nSPS) is 33.8. The number of fused-ring (bicyclic) bond motifs is 2. The number of hydrogen-bond donors (Lipinski definition) is 2. The summed E-state index contributed by atoms with van der Waals surface area (Å²) in [6.45, 7) is 1.87. The molecule has 0 amide bonds. The van der Waals surface area contributed by atoms with Crippen molar-refractivity contribution in [3.63, 3.8) is 0 Å². The summed E-state index contributed by atoms with van der Waals surface area (Å²) in [5, 5.41) is 0. The second-order valence-electron chi connectivity index (χ2n) is 5.75. The predicted molar refractivity (Wildman–Crippen MR) is 71.1 cm³/mol. The first-order chi connectivity index (χ1) is 8.85. The molecular weight excluding hydrogens is 228 g/mol. The highest BCUT2D eigenvalue weighted by atomic mass is 16.5. The Balaban J connectivity index is 1.65. The van der Waals surface area contributed by atoms with E-state index in [2.05, 4.69) is 10.3 Å². The van der Waals surface area contributed by atoms with Crippen molar-refractivity contribution in [2.24, 2.45) is 10.8 Å². The van der Waals surface area contributed by atoms with Gasteiger partial charge in [-0.1, -0.05) is 19.3 Å². The molecule has 5 heteroatoms. The molecule has 5 nitrogen and oxygen atoms in total. The number of aliphatic imine (C=N–C) groups is 1. The lowest BCUT2D eigenvalue weighted by molar-refractivity contribution is -0.0169. The van der Waals surface area contributed by atoms with E-state index in [-0.39, 0.29) is 0 Å². The van der Waals surface area contributed by atoms with Crippen molar-refractivity contribution in [3.05, 3.63) is 0 Å². The minimum atomic E-state index is 0.383. The fourth-order valence-corrected chi connectivity index (χ4v) is 3.38. The molecule has 18 heavy (non-hydrogen) atoms. The van der Waals surface area contributed by atoms with Crippen molar-refractivity contribution in [1.82, 2.24) is 10.3 Å². The van der Waals surface area contributed by atoms with Gasteiger partial charge in [-0.3, -0.25) is 5.43 Å². The molecule has 0 aromatic carbocycles. The Hall–Kier alpha value is -0.810. The lowest BCUT2D eigenvalue weighted by Crippen LogP contribution is -2.52. The molecule has 2 bridgehead atoms. The molecule has 3 fully saturated rings. The number of nitrogens with two attached hydrogens (primary N) is 1. The van der Waals surface area contributed by atoms with Gasteiger partial charge in [-0.05, 0) is 25.7 Å². The van der Waals surface area contributed by atoms with Crippen LogP contribution in [0.5, 0.6) is 0 Å². The second kappa shape index (κ2) is 5.45. The Morgan fingerprint density at radius 3 is 2.33 bits per heavy atom. The van der Waals surface area contributed by atoms with Gasteiger partial charge in [0.05, 0.1) is 18.2 Å². The number of rotatable bonds is 1. The summed E-state index contributed by atoms with van der Waals surface area (Å²) in [5.41, 5.74) is 2.81. The SMILES string of the molecule is NNC(=NC1CCCCC1)N1CC2CCC(C1)O2. The van der Waals surface area contributed by atoms with Crippen LogP contribution in [0.1, 0.15) is 44.9 Å². The standard InChI is InChI=1S/C13H24N4O/c14-16-13(15-10-4-2-1-3-5-10)17-8-11-6-7-12(9-17)18-11/h10-12H,1-9,14H2,(H,15,16). The molecule has 2 aliphatic heterocycles. The Morgan fingerprint density at radius 2 is 1.72 bits per heavy atom. The average molecular weight is 252 g/mol. The molecule has 2 saturated heterocycles. The fourth-order valence-electron chi connectivity index (χ4n) is 3.38. The summed E-state index contributed by atoms with van der Waals surface area (Å²) >= 11 is 0. The molecule has 3 N–H and O–H groups in total. The molecule has 2 unspecified atom stereocenters. The maximum absolute atomic E-state index is 5.85. The lowest BCUT2D eigenvalue weighted by atomic mass is 9.96. The van der Waals surface area contributed by atoms with Crippen LogP contribution in [0.3, 0.4) is 0 Å². The molecule has 3 aliphatic rings. The van der Waals surface area contributed by atoms with Gasteiger partial charge >= 0.3 is 0 Å². The van der Waals surface area contributed by atoms with Gasteiger partial charge in [-0.2, -0.15) is 0 Å². The highest BCUT2D eigenvalue weighted by Crippen LogP contribution is 2.27. The first kappa shape index (κ1) is 12.2. The molecular formula is C13H24N4O. The topological polar surface area (TPSA) is 62.9 Å². The van der Waals surface area contributed by atoms with E-state index < -0.39 is 0 Å². The minimum absolute atomic E-state index is 0.383. The van der Waals surface area contributed by atoms with Crippen molar-refractivity contribution in [2.75, 3.05) is 13.1 Å². The number of likely N-dealkylation sites (tertiary alicyclic amines) is 1. The highest BCUT2D eigenvalue weighted by molar-refractivity contribution is 5.79. The quantitative estimate of drug-likeness (QED) is 0.316. The smallest absolute Gasteiger partial charge is 0.208 e. The van der Waals surface area contributed by atoms with Gasteiger partial charge in [-0.15, -0.1) is 0 Å². The zero-order chi connectivity index (χ0) is 12.4. The summed E-state index contributed by atoms with van der Waals surface area (Å²) in [6.07, 6.45) is 9.53. The number of guanidine groups is 1. The van der Waals surface area contributed by atoms with Crippen molar-refractivity contribution in [2.45, 2.75) is 63.2 Å². The second-order valence-corrected chi connectivity index (χ2v) is 5.75. The predicted octanol–water partition coefficient (Wildman–Crippen LogP) is 1.00. The third-order valence-electron chi connectivity index (χ3n) is 4.35. The Kier molecular flexibility index (Phi) is 3.70. The third kappa shape index (κ3) is 2.62. The van der Waals surface area contributed by atoms with Gasteiger partial charge in [0, 0.05) is 13.1 Å². The van der Waals surface area contributed by atoms with Crippen molar-refractivity contribution < 1.29 is 4.74 Å². The molecule has 0 spiro atoms. The highest BCUT2D eigenvalue weighted by Gasteiger charge is 2.35.